The fraction of sp³-hybridized carbons (Fsp3) is 0.100. The summed E-state index contributed by atoms with van der Waals surface area (Å²) in [5.74, 6) is 20.1. The lowest BCUT2D eigenvalue weighted by atomic mass is 9.89. The van der Waals surface area contributed by atoms with E-state index in [0.29, 0.717) is 155 Å². The fourth-order valence-electron chi connectivity index (χ4n) is 15.8. The van der Waals surface area contributed by atoms with Gasteiger partial charge in [-0.2, -0.15) is 0 Å². The van der Waals surface area contributed by atoms with Gasteiger partial charge in [-0.25, -0.2) is 4.57 Å². The molecular weight excluding hydrogens is 1730 g/mol. The fourth-order valence-corrected chi connectivity index (χ4v) is 16.7. The Kier molecular flexibility index (Phi) is 28.4. The largest absolute Gasteiger partial charge is 0.585 e. The Morgan fingerprint density at radius 1 is 0.197 bits per heavy atom. The molecule has 137 heavy (non-hydrogen) atoms. The average molecular weight is 1820 g/mol. The van der Waals surface area contributed by atoms with Crippen molar-refractivity contribution in [2.75, 3.05) is 0 Å². The van der Waals surface area contributed by atoms with E-state index in [1.807, 2.05) is 413 Å². The Balaban J connectivity index is 0.684. The number of rotatable bonds is 36. The first kappa shape index (κ1) is 89.2. The third-order valence-electron chi connectivity index (χ3n) is 22.5. The van der Waals surface area contributed by atoms with E-state index in [2.05, 4.69) is 23.7 Å². The van der Waals surface area contributed by atoms with Crippen LogP contribution in [0.2, 0.25) is 0 Å². The summed E-state index contributed by atoms with van der Waals surface area (Å²) in [6.45, 7) is 2.90. The Hall–Kier alpha value is -17.0. The minimum Gasteiger partial charge on any atom is -0.489 e. The van der Waals surface area contributed by atoms with E-state index in [0.717, 1.165) is 77.5 Å². The molecular formula is C120H93O16P. The maximum Gasteiger partial charge on any atom is 0.585 e. The maximum absolute atomic E-state index is 15.3. The van der Waals surface area contributed by atoms with Crippen molar-refractivity contribution in [1.82, 2.24) is 0 Å². The summed E-state index contributed by atoms with van der Waals surface area (Å²) in [6, 6.07) is 133. The van der Waals surface area contributed by atoms with Gasteiger partial charge in [0.1, 0.15) is 148 Å². The minimum atomic E-state index is -5.16. The highest BCUT2D eigenvalue weighted by Crippen LogP contribution is 2.59. The van der Waals surface area contributed by atoms with Gasteiger partial charge in [0.05, 0.1) is 11.1 Å². The summed E-state index contributed by atoms with van der Waals surface area (Å²) in [4.78, 5) is 12.4. The minimum absolute atomic E-state index is 0.0113. The molecule has 0 bridgehead atoms. The lowest BCUT2D eigenvalue weighted by molar-refractivity contribution is 0.276. The molecule has 1 heterocycles. The zero-order chi connectivity index (χ0) is 92.6. The molecule has 19 rings (SSSR count). The van der Waals surface area contributed by atoms with Gasteiger partial charge < -0.3 is 65.9 Å². The molecule has 0 spiro atoms. The van der Waals surface area contributed by atoms with Crippen LogP contribution < -0.4 is 65.9 Å². The van der Waals surface area contributed by atoms with Crippen LogP contribution in [-0.2, 0) is 83.8 Å². The summed E-state index contributed by atoms with van der Waals surface area (Å²) in [6.07, 6.45) is 0. The van der Waals surface area contributed by atoms with E-state index in [9.17, 15) is 4.89 Å². The van der Waals surface area contributed by atoms with Crippen LogP contribution in [0.5, 0.6) is 80.5 Å². The van der Waals surface area contributed by atoms with E-state index in [1.165, 1.54) is 0 Å². The third kappa shape index (κ3) is 24.7. The second-order valence-electron chi connectivity index (χ2n) is 32.8. The molecule has 0 radical (unpaired) electrons. The monoisotopic (exact) mass is 1820 g/mol. The van der Waals surface area contributed by atoms with Crippen molar-refractivity contribution in [3.63, 3.8) is 0 Å². The number of hydrogen-bond donors (Lipinski definition) is 1. The third-order valence-corrected chi connectivity index (χ3v) is 23.3. The molecule has 0 saturated heterocycles. The molecule has 0 atom stereocenters. The number of phosphoric acid groups is 1. The number of phosphoric ester groups is 1. The normalized spacial score (nSPS) is 11.5. The number of benzene rings is 18. The zero-order valence-electron chi connectivity index (χ0n) is 74.8. The first-order valence-electron chi connectivity index (χ1n) is 45.0. The topological polar surface area (TPSA) is 167 Å². The molecule has 18 aromatic rings. The van der Waals surface area contributed by atoms with E-state index in [4.69, 9.17) is 65.9 Å². The summed E-state index contributed by atoms with van der Waals surface area (Å²) < 4.78 is 107. The molecule has 16 nitrogen and oxygen atoms in total. The van der Waals surface area contributed by atoms with Gasteiger partial charge in [-0.15, -0.1) is 0 Å². The number of ether oxygens (including phenoxy) is 12. The van der Waals surface area contributed by atoms with Gasteiger partial charge in [0, 0.05) is 58.7 Å². The molecule has 0 aliphatic carbocycles. The van der Waals surface area contributed by atoms with Crippen molar-refractivity contribution in [1.29, 1.82) is 0 Å². The summed E-state index contributed by atoms with van der Waals surface area (Å²) in [5, 5.41) is 2.87. The molecule has 0 fully saturated rings. The first-order valence-corrected chi connectivity index (χ1v) is 46.5. The van der Waals surface area contributed by atoms with E-state index in [-0.39, 0.29) is 49.1 Å². The molecule has 1 aliphatic rings. The Morgan fingerprint density at radius 2 is 0.372 bits per heavy atom. The lowest BCUT2D eigenvalue weighted by Gasteiger charge is -2.16. The van der Waals surface area contributed by atoms with Crippen LogP contribution in [-0.4, -0.2) is 4.89 Å². The zero-order valence-corrected chi connectivity index (χ0v) is 75.7. The number of fused-ring (bicyclic) bond motifs is 7. The van der Waals surface area contributed by atoms with E-state index in [1.54, 1.807) is 0 Å². The molecule has 18 aromatic carbocycles. The van der Waals surface area contributed by atoms with Gasteiger partial charge in [-0.05, 0) is 173 Å². The Bertz CT molecular complexity index is 6400. The highest BCUT2D eigenvalue weighted by atomic mass is 31.2. The van der Waals surface area contributed by atoms with Crippen LogP contribution in [0.15, 0.2) is 413 Å². The summed E-state index contributed by atoms with van der Waals surface area (Å²) >= 11 is 0. The Labute approximate surface area is 795 Å². The summed E-state index contributed by atoms with van der Waals surface area (Å²) in [7, 11) is -5.16. The van der Waals surface area contributed by atoms with Crippen LogP contribution in [0.4, 0.5) is 0 Å². The Morgan fingerprint density at radius 3 is 0.577 bits per heavy atom. The van der Waals surface area contributed by atoms with Crippen LogP contribution in [0.1, 0.15) is 89.0 Å². The van der Waals surface area contributed by atoms with Crippen LogP contribution in [0.25, 0.3) is 32.7 Å². The van der Waals surface area contributed by atoms with E-state index < -0.39 is 7.82 Å². The molecule has 0 unspecified atom stereocenters. The standard InChI is InChI=1S/C120H93O16P/c121-137(122)135-119-101(51-49-93-53-103(131-81-95-57-107(123-73-85-29-9-1-10-30-85)69-108(58-95)124-74-86-31-11-2-12-32-86)67-104(54-93)132-82-96-59-109(125-75-87-33-13-3-14-34-87)70-110(60-96)126-76-88-35-15-4-16-36-88)65-99-45-25-27-47-115(99)117(119)118-116-48-28-26-46-100(116)66-102(120(118)136-137)52-50-94-55-105(133-83-97-61-111(127-77-89-37-17-5-18-38-89)71-112(62-97)128-78-90-39-19-6-20-40-90)68-106(56-94)134-84-98-63-113(129-79-91-41-21-7-22-42-91)72-114(64-98)130-80-92-43-23-8-24-44-92/h1-48,53-72H,73-84H2,(H,121,122). The summed E-state index contributed by atoms with van der Waals surface area (Å²) in [5.41, 5.74) is 13.5. The van der Waals surface area contributed by atoms with Crippen molar-refractivity contribution in [3.8, 4) is 115 Å². The predicted octanol–water partition coefficient (Wildman–Crippen LogP) is 27.3. The van der Waals surface area contributed by atoms with Gasteiger partial charge in [0.15, 0.2) is 11.5 Å². The molecule has 0 saturated carbocycles. The van der Waals surface area contributed by atoms with Gasteiger partial charge in [0.2, 0.25) is 0 Å². The second kappa shape index (κ2) is 43.6. The molecule has 1 N–H and O–H groups in total. The van der Waals surface area contributed by atoms with Crippen LogP contribution in [0.3, 0.4) is 0 Å². The smallest absolute Gasteiger partial charge is 0.489 e. The molecule has 674 valence electrons. The van der Waals surface area contributed by atoms with Crippen molar-refractivity contribution < 1.29 is 75.3 Å². The molecule has 0 aromatic heterocycles. The average Bonchev–Trinajstić information content (AvgIpc) is 1.57. The lowest BCUT2D eigenvalue weighted by Crippen LogP contribution is -2.03. The van der Waals surface area contributed by atoms with Crippen LogP contribution in [0, 0.1) is 23.7 Å². The SMILES string of the molecule is O=P1(O)Oc2c(C#Cc3cc(OCc4cc(OCc5ccccc5)cc(OCc5ccccc5)c4)cc(OCc4cc(OCc5ccccc5)cc(OCc5ccccc5)c4)c3)cc3ccccc3c2-c2c(c(C#Cc3cc(OCc4cc(OCc5ccccc5)cc(OCc5ccccc5)c4)cc(OCc4cc(OCc5ccccc5)cc(OCc5ccccc5)c4)c3)cc3ccccc23)O1. The predicted molar refractivity (Wildman–Crippen MR) is 532 cm³/mol. The van der Waals surface area contributed by atoms with Crippen molar-refractivity contribution >= 4 is 29.4 Å². The number of hydrogen-bond acceptors (Lipinski definition) is 15. The van der Waals surface area contributed by atoms with E-state index >= 15 is 4.57 Å². The maximum atomic E-state index is 15.3. The van der Waals surface area contributed by atoms with Crippen molar-refractivity contribution in [2.24, 2.45) is 0 Å². The highest BCUT2D eigenvalue weighted by molar-refractivity contribution is 7.48. The highest BCUT2D eigenvalue weighted by Gasteiger charge is 2.37. The molecule has 1 aliphatic heterocycles. The molecule has 0 amide bonds. The van der Waals surface area contributed by atoms with Gasteiger partial charge in [-0.3, -0.25) is 4.89 Å². The quantitative estimate of drug-likeness (QED) is 0.0291. The van der Waals surface area contributed by atoms with Gasteiger partial charge >= 0.3 is 7.82 Å². The first-order chi connectivity index (χ1) is 67.4. The van der Waals surface area contributed by atoms with Gasteiger partial charge in [-0.1, -0.05) is 315 Å². The molecule has 17 heteroatoms. The van der Waals surface area contributed by atoms with Crippen LogP contribution >= 0.6 is 7.82 Å². The van der Waals surface area contributed by atoms with Gasteiger partial charge in [0.25, 0.3) is 0 Å². The van der Waals surface area contributed by atoms with Crippen molar-refractivity contribution in [2.45, 2.75) is 79.3 Å². The second-order valence-corrected chi connectivity index (χ2v) is 34.1. The van der Waals surface area contributed by atoms with Crippen molar-refractivity contribution in [3.05, 3.63) is 502 Å².